The van der Waals surface area contributed by atoms with Gasteiger partial charge in [-0.1, -0.05) is 23.5 Å². The van der Waals surface area contributed by atoms with Crippen molar-refractivity contribution in [3.05, 3.63) is 29.1 Å². The summed E-state index contributed by atoms with van der Waals surface area (Å²) in [5.74, 6) is -0.247. The van der Waals surface area contributed by atoms with Crippen LogP contribution in [0.25, 0.3) is 10.2 Å². The maximum absolute atomic E-state index is 12.1. The van der Waals surface area contributed by atoms with Crippen LogP contribution in [0.5, 0.6) is 0 Å². The summed E-state index contributed by atoms with van der Waals surface area (Å²) in [6.45, 7) is 2.97. The van der Waals surface area contributed by atoms with Gasteiger partial charge >= 0.3 is 0 Å². The summed E-state index contributed by atoms with van der Waals surface area (Å²) < 4.78 is 14.3. The lowest BCUT2D eigenvalue weighted by atomic mass is 10.1. The number of aryl methyl sites for hydroxylation is 1. The largest absolute Gasteiger partial charge is 0.376 e. The molecule has 1 aromatic carbocycles. The number of carbonyl (C=O) groups is 1. The van der Waals surface area contributed by atoms with Crippen molar-refractivity contribution in [2.45, 2.75) is 38.4 Å². The SMILES string of the molecule is CC(OCC1CCCCO1)C(=O)NN=c1sc2ccccc2n1C. The smallest absolute Gasteiger partial charge is 0.268 e. The van der Waals surface area contributed by atoms with Gasteiger partial charge in [0.2, 0.25) is 4.80 Å². The van der Waals surface area contributed by atoms with E-state index in [0.717, 1.165) is 40.9 Å². The van der Waals surface area contributed by atoms with Gasteiger partial charge in [0.05, 0.1) is 22.9 Å². The number of thiazole rings is 1. The Labute approximate surface area is 145 Å². The summed E-state index contributed by atoms with van der Waals surface area (Å²) in [7, 11) is 1.93. The number of ether oxygens (including phenoxy) is 2. The molecule has 0 saturated carbocycles. The second-order valence-corrected chi connectivity index (χ2v) is 6.97. The number of aromatic nitrogens is 1. The molecule has 2 unspecified atom stereocenters. The van der Waals surface area contributed by atoms with E-state index in [0.29, 0.717) is 6.61 Å². The monoisotopic (exact) mass is 349 g/mol. The summed E-state index contributed by atoms with van der Waals surface area (Å²) in [5, 5.41) is 4.23. The van der Waals surface area contributed by atoms with Crippen molar-refractivity contribution in [1.29, 1.82) is 0 Å². The molecule has 6 nitrogen and oxygen atoms in total. The average molecular weight is 349 g/mol. The van der Waals surface area contributed by atoms with Crippen LogP contribution in [0.15, 0.2) is 29.4 Å². The molecule has 1 saturated heterocycles. The zero-order chi connectivity index (χ0) is 16.9. The molecule has 2 atom stereocenters. The van der Waals surface area contributed by atoms with Crippen LogP contribution in [0.4, 0.5) is 0 Å². The molecule has 0 aliphatic carbocycles. The van der Waals surface area contributed by atoms with E-state index < -0.39 is 6.10 Å². The van der Waals surface area contributed by atoms with E-state index in [4.69, 9.17) is 9.47 Å². The third-order valence-corrected chi connectivity index (χ3v) is 5.26. The van der Waals surface area contributed by atoms with E-state index in [1.807, 2.05) is 35.9 Å². The average Bonchev–Trinajstić information content (AvgIpc) is 2.95. The lowest BCUT2D eigenvalue weighted by Crippen LogP contribution is -2.35. The molecular weight excluding hydrogens is 326 g/mol. The van der Waals surface area contributed by atoms with Crippen molar-refractivity contribution in [1.82, 2.24) is 9.99 Å². The van der Waals surface area contributed by atoms with Crippen LogP contribution in [0.2, 0.25) is 0 Å². The zero-order valence-electron chi connectivity index (χ0n) is 14.0. The third kappa shape index (κ3) is 4.03. The second-order valence-electron chi connectivity index (χ2n) is 5.96. The maximum Gasteiger partial charge on any atom is 0.268 e. The molecule has 1 aromatic heterocycles. The van der Waals surface area contributed by atoms with E-state index in [1.165, 1.54) is 11.3 Å². The number of fused-ring (bicyclic) bond motifs is 1. The van der Waals surface area contributed by atoms with E-state index in [9.17, 15) is 4.79 Å². The third-order valence-electron chi connectivity index (χ3n) is 4.15. The first-order valence-electron chi connectivity index (χ1n) is 8.26. The summed E-state index contributed by atoms with van der Waals surface area (Å²) in [6.07, 6.45) is 2.81. The Morgan fingerprint density at radius 3 is 3.08 bits per heavy atom. The number of carbonyl (C=O) groups excluding carboxylic acids is 1. The Bertz CT molecular complexity index is 762. The van der Waals surface area contributed by atoms with Crippen molar-refractivity contribution in [3.63, 3.8) is 0 Å². The predicted molar refractivity (Wildman–Crippen MR) is 93.5 cm³/mol. The molecule has 0 bridgehead atoms. The highest BCUT2D eigenvalue weighted by Crippen LogP contribution is 2.15. The van der Waals surface area contributed by atoms with Crippen molar-refractivity contribution >= 4 is 27.5 Å². The number of amides is 1. The standard InChI is InChI=1S/C17H23N3O3S/c1-12(23-11-13-7-5-6-10-22-13)16(21)18-19-17-20(2)14-8-3-4-9-15(14)24-17/h3-4,8-9,12-13H,5-7,10-11H2,1-2H3,(H,18,21). The van der Waals surface area contributed by atoms with E-state index >= 15 is 0 Å². The van der Waals surface area contributed by atoms with Gasteiger partial charge in [-0.25, -0.2) is 5.43 Å². The minimum absolute atomic E-state index is 0.103. The number of nitrogens with one attached hydrogen (secondary N) is 1. The van der Waals surface area contributed by atoms with Crippen LogP contribution in [0.3, 0.4) is 0 Å². The lowest BCUT2D eigenvalue weighted by molar-refractivity contribution is -0.135. The predicted octanol–water partition coefficient (Wildman–Crippen LogP) is 2.15. The topological polar surface area (TPSA) is 64.8 Å². The summed E-state index contributed by atoms with van der Waals surface area (Å²) >= 11 is 1.53. The summed E-state index contributed by atoms with van der Waals surface area (Å²) in [6, 6.07) is 8.05. The normalized spacial score (nSPS) is 20.2. The quantitative estimate of drug-likeness (QED) is 0.841. The Balaban J connectivity index is 1.58. The molecule has 7 heteroatoms. The summed E-state index contributed by atoms with van der Waals surface area (Å²) in [5.41, 5.74) is 3.69. The molecule has 0 radical (unpaired) electrons. The minimum Gasteiger partial charge on any atom is -0.376 e. The number of hydrogen-bond acceptors (Lipinski definition) is 5. The molecule has 1 N–H and O–H groups in total. The molecule has 1 fully saturated rings. The molecule has 3 rings (SSSR count). The Morgan fingerprint density at radius 2 is 2.33 bits per heavy atom. The van der Waals surface area contributed by atoms with Crippen LogP contribution in [0.1, 0.15) is 26.2 Å². The highest BCUT2D eigenvalue weighted by Gasteiger charge is 2.18. The van der Waals surface area contributed by atoms with E-state index in [2.05, 4.69) is 10.5 Å². The van der Waals surface area contributed by atoms with Gasteiger partial charge < -0.3 is 14.0 Å². The van der Waals surface area contributed by atoms with Crippen LogP contribution in [-0.2, 0) is 21.3 Å². The molecule has 130 valence electrons. The first kappa shape index (κ1) is 17.1. The molecule has 2 heterocycles. The van der Waals surface area contributed by atoms with Crippen LogP contribution in [-0.4, -0.2) is 35.9 Å². The second kappa shape index (κ2) is 7.92. The van der Waals surface area contributed by atoms with Gasteiger partial charge in [-0.2, -0.15) is 0 Å². The Morgan fingerprint density at radius 1 is 1.50 bits per heavy atom. The minimum atomic E-state index is -0.557. The number of benzene rings is 1. The molecular formula is C17H23N3O3S. The van der Waals surface area contributed by atoms with Crippen molar-refractivity contribution in [3.8, 4) is 0 Å². The molecule has 0 spiro atoms. The van der Waals surface area contributed by atoms with Crippen molar-refractivity contribution < 1.29 is 14.3 Å². The van der Waals surface area contributed by atoms with Crippen molar-refractivity contribution in [2.75, 3.05) is 13.2 Å². The molecule has 24 heavy (non-hydrogen) atoms. The van der Waals surface area contributed by atoms with Gasteiger partial charge in [-0.05, 0) is 38.3 Å². The number of nitrogens with zero attached hydrogens (tertiary/aromatic N) is 2. The fraction of sp³-hybridized carbons (Fsp3) is 0.529. The maximum atomic E-state index is 12.1. The molecule has 1 aliphatic rings. The first-order valence-corrected chi connectivity index (χ1v) is 9.08. The van der Waals surface area contributed by atoms with Crippen molar-refractivity contribution in [2.24, 2.45) is 12.1 Å². The number of para-hydroxylation sites is 1. The fourth-order valence-electron chi connectivity index (χ4n) is 2.65. The first-order chi connectivity index (χ1) is 11.6. The van der Waals surface area contributed by atoms with Gasteiger partial charge in [0.25, 0.3) is 5.91 Å². The molecule has 1 amide bonds. The zero-order valence-corrected chi connectivity index (χ0v) is 14.8. The van der Waals surface area contributed by atoms with Gasteiger partial charge in [0.1, 0.15) is 6.10 Å². The lowest BCUT2D eigenvalue weighted by Gasteiger charge is -2.23. The van der Waals surface area contributed by atoms with Crippen LogP contribution in [0, 0.1) is 0 Å². The number of hydrogen-bond donors (Lipinski definition) is 1. The van der Waals surface area contributed by atoms with Gasteiger partial charge in [-0.15, -0.1) is 5.10 Å². The molecule has 1 aliphatic heterocycles. The Hall–Kier alpha value is -1.70. The fourth-order valence-corrected chi connectivity index (χ4v) is 3.63. The van der Waals surface area contributed by atoms with Crippen LogP contribution >= 0.6 is 11.3 Å². The van der Waals surface area contributed by atoms with E-state index in [-0.39, 0.29) is 12.0 Å². The highest BCUT2D eigenvalue weighted by molar-refractivity contribution is 7.16. The van der Waals surface area contributed by atoms with Crippen LogP contribution < -0.4 is 10.2 Å². The highest BCUT2D eigenvalue weighted by atomic mass is 32.1. The summed E-state index contributed by atoms with van der Waals surface area (Å²) in [4.78, 5) is 12.9. The van der Waals surface area contributed by atoms with Gasteiger partial charge in [0.15, 0.2) is 0 Å². The van der Waals surface area contributed by atoms with Gasteiger partial charge in [0, 0.05) is 13.7 Å². The van der Waals surface area contributed by atoms with Gasteiger partial charge in [-0.3, -0.25) is 4.79 Å². The van der Waals surface area contributed by atoms with E-state index in [1.54, 1.807) is 6.92 Å². The Kier molecular flexibility index (Phi) is 5.65. The molecule has 2 aromatic rings. The number of rotatable bonds is 5.